The second kappa shape index (κ2) is 8.55. The predicted octanol–water partition coefficient (Wildman–Crippen LogP) is 3.12. The number of hydrogen-bond donors (Lipinski definition) is 2. The van der Waals surface area contributed by atoms with Gasteiger partial charge in [-0.25, -0.2) is 18.2 Å². The number of primary sulfonamides is 1. The SMILES string of the molecule is NS(=O)(=O)c1ccc(CNC(=O)c2cn(-c3ccccc3)nc2-c2ccccc2)cc1. The molecule has 0 saturated heterocycles. The Hall–Kier alpha value is -3.75. The van der Waals surface area contributed by atoms with E-state index in [0.29, 0.717) is 11.3 Å². The molecule has 1 heterocycles. The molecular weight excluding hydrogens is 412 g/mol. The molecule has 0 saturated carbocycles. The molecule has 0 unspecified atom stereocenters. The van der Waals surface area contributed by atoms with E-state index in [1.165, 1.54) is 12.1 Å². The normalized spacial score (nSPS) is 11.3. The van der Waals surface area contributed by atoms with Gasteiger partial charge in [0.25, 0.3) is 5.91 Å². The van der Waals surface area contributed by atoms with E-state index in [0.717, 1.165) is 16.8 Å². The van der Waals surface area contributed by atoms with Crippen molar-refractivity contribution in [1.82, 2.24) is 15.1 Å². The number of hydrogen-bond acceptors (Lipinski definition) is 4. The molecule has 0 radical (unpaired) electrons. The maximum atomic E-state index is 13.0. The van der Waals surface area contributed by atoms with Crippen LogP contribution in [-0.2, 0) is 16.6 Å². The predicted molar refractivity (Wildman–Crippen MR) is 118 cm³/mol. The monoisotopic (exact) mass is 432 g/mol. The van der Waals surface area contributed by atoms with Crippen molar-refractivity contribution in [3.8, 4) is 16.9 Å². The molecule has 31 heavy (non-hydrogen) atoms. The Morgan fingerprint density at radius 2 is 1.52 bits per heavy atom. The summed E-state index contributed by atoms with van der Waals surface area (Å²) in [6, 6.07) is 25.1. The maximum absolute atomic E-state index is 13.0. The highest BCUT2D eigenvalue weighted by atomic mass is 32.2. The van der Waals surface area contributed by atoms with Crippen molar-refractivity contribution in [2.45, 2.75) is 11.4 Å². The highest BCUT2D eigenvalue weighted by Gasteiger charge is 2.18. The van der Waals surface area contributed by atoms with Gasteiger partial charge >= 0.3 is 0 Å². The van der Waals surface area contributed by atoms with Crippen molar-refractivity contribution in [2.75, 3.05) is 0 Å². The lowest BCUT2D eigenvalue weighted by Gasteiger charge is -2.06. The maximum Gasteiger partial charge on any atom is 0.255 e. The van der Waals surface area contributed by atoms with E-state index in [1.807, 2.05) is 60.7 Å². The third-order valence-corrected chi connectivity index (χ3v) is 5.66. The van der Waals surface area contributed by atoms with Crippen LogP contribution in [0.4, 0.5) is 0 Å². The van der Waals surface area contributed by atoms with Crippen LogP contribution in [0.15, 0.2) is 96.0 Å². The van der Waals surface area contributed by atoms with E-state index >= 15 is 0 Å². The van der Waals surface area contributed by atoms with E-state index in [1.54, 1.807) is 23.0 Å². The molecule has 0 aliphatic heterocycles. The number of carbonyl (C=O) groups is 1. The van der Waals surface area contributed by atoms with Crippen molar-refractivity contribution in [1.29, 1.82) is 0 Å². The number of aromatic nitrogens is 2. The summed E-state index contributed by atoms with van der Waals surface area (Å²) < 4.78 is 24.4. The number of amides is 1. The van der Waals surface area contributed by atoms with Crippen LogP contribution in [0.2, 0.25) is 0 Å². The summed E-state index contributed by atoms with van der Waals surface area (Å²) in [4.78, 5) is 13.0. The molecule has 7 nitrogen and oxygen atoms in total. The Kier molecular flexibility index (Phi) is 5.66. The fraction of sp³-hybridized carbons (Fsp3) is 0.0435. The first-order valence-corrected chi connectivity index (χ1v) is 11.1. The van der Waals surface area contributed by atoms with E-state index < -0.39 is 10.0 Å². The minimum Gasteiger partial charge on any atom is -0.348 e. The summed E-state index contributed by atoms with van der Waals surface area (Å²) in [5, 5.41) is 12.6. The van der Waals surface area contributed by atoms with Crippen molar-refractivity contribution in [3.63, 3.8) is 0 Å². The summed E-state index contributed by atoms with van der Waals surface area (Å²) in [7, 11) is -3.75. The van der Waals surface area contributed by atoms with Gasteiger partial charge in [0.1, 0.15) is 5.69 Å². The van der Waals surface area contributed by atoms with Crippen LogP contribution in [0.1, 0.15) is 15.9 Å². The minimum absolute atomic E-state index is 0.0260. The van der Waals surface area contributed by atoms with Crippen LogP contribution in [-0.4, -0.2) is 24.1 Å². The lowest BCUT2D eigenvalue weighted by Crippen LogP contribution is -2.23. The summed E-state index contributed by atoms with van der Waals surface area (Å²) in [5.74, 6) is -0.281. The van der Waals surface area contributed by atoms with Gasteiger partial charge in [-0.05, 0) is 29.8 Å². The van der Waals surface area contributed by atoms with E-state index in [4.69, 9.17) is 5.14 Å². The van der Waals surface area contributed by atoms with Gasteiger partial charge in [0.05, 0.1) is 16.1 Å². The molecule has 4 aromatic rings. The quantitative estimate of drug-likeness (QED) is 0.488. The van der Waals surface area contributed by atoms with E-state index in [9.17, 15) is 13.2 Å². The summed E-state index contributed by atoms with van der Waals surface area (Å²) in [6.45, 7) is 0.231. The molecule has 1 aromatic heterocycles. The third kappa shape index (κ3) is 4.71. The van der Waals surface area contributed by atoms with Gasteiger partial charge in [-0.1, -0.05) is 60.7 Å². The number of nitrogens with zero attached hydrogens (tertiary/aromatic N) is 2. The zero-order valence-electron chi connectivity index (χ0n) is 16.5. The number of rotatable bonds is 6. The molecule has 4 rings (SSSR count). The fourth-order valence-corrected chi connectivity index (χ4v) is 3.65. The average molecular weight is 433 g/mol. The van der Waals surface area contributed by atoms with Crippen LogP contribution in [0.3, 0.4) is 0 Å². The summed E-state index contributed by atoms with van der Waals surface area (Å²) in [5.41, 5.74) is 3.44. The Bertz CT molecular complexity index is 1300. The number of carbonyl (C=O) groups excluding carboxylic acids is 1. The zero-order valence-corrected chi connectivity index (χ0v) is 17.3. The second-order valence-electron chi connectivity index (χ2n) is 6.91. The summed E-state index contributed by atoms with van der Waals surface area (Å²) >= 11 is 0. The molecule has 8 heteroatoms. The minimum atomic E-state index is -3.75. The summed E-state index contributed by atoms with van der Waals surface area (Å²) in [6.07, 6.45) is 1.71. The molecule has 0 atom stereocenters. The molecular formula is C23H20N4O3S. The number of nitrogens with two attached hydrogens (primary N) is 1. The van der Waals surface area contributed by atoms with Gasteiger partial charge in [-0.2, -0.15) is 5.10 Å². The molecule has 0 aliphatic rings. The van der Waals surface area contributed by atoms with Crippen molar-refractivity contribution in [3.05, 3.63) is 102 Å². The largest absolute Gasteiger partial charge is 0.348 e. The molecule has 0 fully saturated rings. The molecule has 0 aliphatic carbocycles. The Morgan fingerprint density at radius 1 is 0.903 bits per heavy atom. The lowest BCUT2D eigenvalue weighted by molar-refractivity contribution is 0.0951. The molecule has 156 valence electrons. The van der Waals surface area contributed by atoms with Gasteiger partial charge in [-0.3, -0.25) is 4.79 Å². The van der Waals surface area contributed by atoms with E-state index in [-0.39, 0.29) is 17.3 Å². The van der Waals surface area contributed by atoms with Crippen molar-refractivity contribution in [2.24, 2.45) is 5.14 Å². The fourth-order valence-electron chi connectivity index (χ4n) is 3.14. The zero-order chi connectivity index (χ0) is 21.8. The van der Waals surface area contributed by atoms with Crippen molar-refractivity contribution >= 4 is 15.9 Å². The van der Waals surface area contributed by atoms with Gasteiger partial charge in [-0.15, -0.1) is 0 Å². The molecule has 0 bridgehead atoms. The third-order valence-electron chi connectivity index (χ3n) is 4.73. The topological polar surface area (TPSA) is 107 Å². The first-order chi connectivity index (χ1) is 14.9. The highest BCUT2D eigenvalue weighted by Crippen LogP contribution is 2.23. The number of para-hydroxylation sites is 1. The van der Waals surface area contributed by atoms with Crippen LogP contribution >= 0.6 is 0 Å². The van der Waals surface area contributed by atoms with Gasteiger partial charge in [0, 0.05) is 18.3 Å². The molecule has 0 spiro atoms. The first kappa shape index (κ1) is 20.5. The van der Waals surface area contributed by atoms with Crippen LogP contribution in [0.5, 0.6) is 0 Å². The van der Waals surface area contributed by atoms with Gasteiger partial charge < -0.3 is 5.32 Å². The first-order valence-electron chi connectivity index (χ1n) is 9.52. The second-order valence-corrected chi connectivity index (χ2v) is 8.47. The van der Waals surface area contributed by atoms with Gasteiger partial charge in [0.15, 0.2) is 0 Å². The Morgan fingerprint density at radius 3 is 2.13 bits per heavy atom. The van der Waals surface area contributed by atoms with Crippen LogP contribution in [0, 0.1) is 0 Å². The number of benzene rings is 3. The smallest absolute Gasteiger partial charge is 0.255 e. The molecule has 1 amide bonds. The van der Waals surface area contributed by atoms with Crippen molar-refractivity contribution < 1.29 is 13.2 Å². The van der Waals surface area contributed by atoms with Crippen LogP contribution < -0.4 is 10.5 Å². The number of nitrogens with one attached hydrogen (secondary N) is 1. The number of sulfonamides is 1. The molecule has 3 N–H and O–H groups in total. The lowest BCUT2D eigenvalue weighted by atomic mass is 10.1. The average Bonchev–Trinajstić information content (AvgIpc) is 3.24. The van der Waals surface area contributed by atoms with Crippen LogP contribution in [0.25, 0.3) is 16.9 Å². The highest BCUT2D eigenvalue weighted by molar-refractivity contribution is 7.89. The standard InChI is InChI=1S/C23H20N4O3S/c24-31(29,30)20-13-11-17(12-14-20)15-25-23(28)21-16-27(19-9-5-2-6-10-19)26-22(21)18-7-3-1-4-8-18/h1-14,16H,15H2,(H,25,28)(H2,24,29,30). The Balaban J connectivity index is 1.60. The van der Waals surface area contributed by atoms with E-state index in [2.05, 4.69) is 10.4 Å². The van der Waals surface area contributed by atoms with Gasteiger partial charge in [0.2, 0.25) is 10.0 Å². The Labute approximate surface area is 180 Å². The molecule has 3 aromatic carbocycles.